The van der Waals surface area contributed by atoms with Gasteiger partial charge in [0.15, 0.2) is 11.5 Å². The standard InChI is InChI=1S/C9H13NO5S/c1-14-8-4-7(16(10,12)13)3-6(5-11)9(8)15-2/h3-4,11H,5H2,1-2H3,(H2,10,12,13). The number of primary sulfonamides is 1. The maximum absolute atomic E-state index is 11.2. The van der Waals surface area contributed by atoms with Crippen molar-refractivity contribution in [3.63, 3.8) is 0 Å². The molecule has 0 saturated carbocycles. The zero-order valence-corrected chi connectivity index (χ0v) is 9.74. The van der Waals surface area contributed by atoms with Gasteiger partial charge >= 0.3 is 0 Å². The van der Waals surface area contributed by atoms with Gasteiger partial charge in [-0.2, -0.15) is 0 Å². The predicted octanol–water partition coefficient (Wildman–Crippen LogP) is -0.157. The SMILES string of the molecule is COc1cc(S(N)(=O)=O)cc(CO)c1OC. The fraction of sp³-hybridized carbons (Fsp3) is 0.333. The first-order chi connectivity index (χ1) is 7.43. The first kappa shape index (κ1) is 12.8. The van der Waals surface area contributed by atoms with Crippen molar-refractivity contribution in [2.45, 2.75) is 11.5 Å². The molecular weight excluding hydrogens is 234 g/mol. The maximum atomic E-state index is 11.2. The van der Waals surface area contributed by atoms with E-state index >= 15 is 0 Å². The van der Waals surface area contributed by atoms with Gasteiger partial charge in [-0.3, -0.25) is 0 Å². The Balaban J connectivity index is 3.49. The molecule has 0 bridgehead atoms. The molecule has 1 rings (SSSR count). The van der Waals surface area contributed by atoms with Crippen LogP contribution in [0.15, 0.2) is 17.0 Å². The molecule has 6 nitrogen and oxygen atoms in total. The van der Waals surface area contributed by atoms with Gasteiger partial charge in [0.05, 0.1) is 25.7 Å². The van der Waals surface area contributed by atoms with Gasteiger partial charge in [0.2, 0.25) is 10.0 Å². The molecule has 0 aliphatic rings. The molecule has 7 heteroatoms. The third-order valence-corrected chi connectivity index (χ3v) is 2.92. The van der Waals surface area contributed by atoms with E-state index in [0.29, 0.717) is 5.56 Å². The lowest BCUT2D eigenvalue weighted by Gasteiger charge is -2.12. The number of rotatable bonds is 4. The summed E-state index contributed by atoms with van der Waals surface area (Å²) in [5.74, 6) is 0.496. The topological polar surface area (TPSA) is 98.9 Å². The van der Waals surface area contributed by atoms with E-state index in [0.717, 1.165) is 0 Å². The smallest absolute Gasteiger partial charge is 0.238 e. The van der Waals surface area contributed by atoms with Crippen LogP contribution in [-0.4, -0.2) is 27.7 Å². The minimum atomic E-state index is -3.84. The highest BCUT2D eigenvalue weighted by Crippen LogP contribution is 2.33. The van der Waals surface area contributed by atoms with Crippen LogP contribution in [0.25, 0.3) is 0 Å². The number of sulfonamides is 1. The summed E-state index contributed by atoms with van der Waals surface area (Å²) in [4.78, 5) is -0.130. The molecule has 0 heterocycles. The number of hydrogen-bond donors (Lipinski definition) is 2. The van der Waals surface area contributed by atoms with E-state index in [2.05, 4.69) is 0 Å². The van der Waals surface area contributed by atoms with Crippen LogP contribution in [0.4, 0.5) is 0 Å². The van der Waals surface area contributed by atoms with Crippen molar-refractivity contribution >= 4 is 10.0 Å². The van der Waals surface area contributed by atoms with E-state index in [1.165, 1.54) is 26.4 Å². The Bertz CT molecular complexity index is 458. The van der Waals surface area contributed by atoms with Gasteiger partial charge in [-0.05, 0) is 6.07 Å². The summed E-state index contributed by atoms with van der Waals surface area (Å²) >= 11 is 0. The highest BCUT2D eigenvalue weighted by Gasteiger charge is 2.17. The molecule has 0 saturated heterocycles. The number of benzene rings is 1. The van der Waals surface area contributed by atoms with E-state index in [1.807, 2.05) is 0 Å². The number of aliphatic hydroxyl groups excluding tert-OH is 1. The Morgan fingerprint density at radius 2 is 1.94 bits per heavy atom. The Labute approximate surface area is 93.6 Å². The minimum Gasteiger partial charge on any atom is -0.493 e. The van der Waals surface area contributed by atoms with Crippen LogP contribution in [-0.2, 0) is 16.6 Å². The van der Waals surface area contributed by atoms with Crippen molar-refractivity contribution in [2.24, 2.45) is 5.14 Å². The van der Waals surface area contributed by atoms with Crippen molar-refractivity contribution in [3.05, 3.63) is 17.7 Å². The van der Waals surface area contributed by atoms with Crippen LogP contribution in [0.5, 0.6) is 11.5 Å². The molecule has 0 amide bonds. The lowest BCUT2D eigenvalue weighted by Crippen LogP contribution is -2.13. The van der Waals surface area contributed by atoms with E-state index in [9.17, 15) is 8.42 Å². The second-order valence-electron chi connectivity index (χ2n) is 3.02. The maximum Gasteiger partial charge on any atom is 0.238 e. The molecule has 0 unspecified atom stereocenters. The monoisotopic (exact) mass is 247 g/mol. The summed E-state index contributed by atoms with van der Waals surface area (Å²) in [5, 5.41) is 14.1. The molecular formula is C9H13NO5S. The molecule has 0 aliphatic carbocycles. The molecule has 90 valence electrons. The molecule has 0 aliphatic heterocycles. The van der Waals surface area contributed by atoms with Crippen LogP contribution < -0.4 is 14.6 Å². The molecule has 1 aromatic carbocycles. The molecule has 3 N–H and O–H groups in total. The number of hydrogen-bond acceptors (Lipinski definition) is 5. The number of ether oxygens (including phenoxy) is 2. The Morgan fingerprint density at radius 3 is 2.31 bits per heavy atom. The van der Waals surface area contributed by atoms with Gasteiger partial charge in [-0.25, -0.2) is 13.6 Å². The quantitative estimate of drug-likeness (QED) is 0.770. The van der Waals surface area contributed by atoms with Crippen molar-refractivity contribution in [3.8, 4) is 11.5 Å². The molecule has 1 aromatic rings. The lowest BCUT2D eigenvalue weighted by molar-refractivity contribution is 0.269. The van der Waals surface area contributed by atoms with Gasteiger partial charge in [0.25, 0.3) is 0 Å². The number of methoxy groups -OCH3 is 2. The third-order valence-electron chi connectivity index (χ3n) is 2.03. The van der Waals surface area contributed by atoms with E-state index in [1.54, 1.807) is 0 Å². The largest absolute Gasteiger partial charge is 0.493 e. The minimum absolute atomic E-state index is 0.130. The van der Waals surface area contributed by atoms with Crippen molar-refractivity contribution in [1.82, 2.24) is 0 Å². The number of nitrogens with two attached hydrogens (primary N) is 1. The summed E-state index contributed by atoms with van der Waals surface area (Å²) in [6.07, 6.45) is 0. The zero-order valence-electron chi connectivity index (χ0n) is 8.93. The summed E-state index contributed by atoms with van der Waals surface area (Å²) in [7, 11) is -1.08. The Hall–Kier alpha value is -1.31. The molecule has 0 fully saturated rings. The average molecular weight is 247 g/mol. The van der Waals surface area contributed by atoms with Crippen LogP contribution in [0, 0.1) is 0 Å². The fourth-order valence-electron chi connectivity index (χ4n) is 1.30. The molecule has 0 atom stereocenters. The van der Waals surface area contributed by atoms with Gasteiger partial charge in [-0.1, -0.05) is 0 Å². The third kappa shape index (κ3) is 2.43. The highest BCUT2D eigenvalue weighted by atomic mass is 32.2. The zero-order chi connectivity index (χ0) is 12.3. The van der Waals surface area contributed by atoms with Gasteiger partial charge < -0.3 is 14.6 Å². The van der Waals surface area contributed by atoms with Crippen LogP contribution >= 0.6 is 0 Å². The molecule has 0 spiro atoms. The van der Waals surface area contributed by atoms with Crippen molar-refractivity contribution in [1.29, 1.82) is 0 Å². The fourth-order valence-corrected chi connectivity index (χ4v) is 1.87. The van der Waals surface area contributed by atoms with Crippen LogP contribution in [0.3, 0.4) is 0 Å². The Morgan fingerprint density at radius 1 is 1.31 bits per heavy atom. The van der Waals surface area contributed by atoms with E-state index in [4.69, 9.17) is 19.7 Å². The normalized spacial score (nSPS) is 11.2. The van der Waals surface area contributed by atoms with Gasteiger partial charge in [-0.15, -0.1) is 0 Å². The number of aliphatic hydroxyl groups is 1. The highest BCUT2D eigenvalue weighted by molar-refractivity contribution is 7.89. The average Bonchev–Trinajstić information content (AvgIpc) is 2.25. The van der Waals surface area contributed by atoms with Gasteiger partial charge in [0, 0.05) is 11.6 Å². The first-order valence-corrected chi connectivity index (χ1v) is 5.87. The van der Waals surface area contributed by atoms with Crippen molar-refractivity contribution in [2.75, 3.05) is 14.2 Å². The summed E-state index contributed by atoms with van der Waals surface area (Å²) < 4.78 is 32.3. The van der Waals surface area contributed by atoms with Gasteiger partial charge in [0.1, 0.15) is 0 Å². The van der Waals surface area contributed by atoms with E-state index in [-0.39, 0.29) is 23.0 Å². The second-order valence-corrected chi connectivity index (χ2v) is 4.58. The molecule has 16 heavy (non-hydrogen) atoms. The summed E-state index contributed by atoms with van der Waals surface area (Å²) in [5.41, 5.74) is 0.297. The predicted molar refractivity (Wildman–Crippen MR) is 56.8 cm³/mol. The summed E-state index contributed by atoms with van der Waals surface area (Å²) in [6.45, 7) is -0.372. The Kier molecular flexibility index (Phi) is 3.74. The van der Waals surface area contributed by atoms with Crippen LogP contribution in [0.1, 0.15) is 5.56 Å². The second kappa shape index (κ2) is 4.69. The summed E-state index contributed by atoms with van der Waals surface area (Å²) in [6, 6.07) is 2.49. The lowest BCUT2D eigenvalue weighted by atomic mass is 10.2. The van der Waals surface area contributed by atoms with Crippen molar-refractivity contribution < 1.29 is 23.0 Å². The first-order valence-electron chi connectivity index (χ1n) is 4.32. The van der Waals surface area contributed by atoms with Crippen LogP contribution in [0.2, 0.25) is 0 Å². The van der Waals surface area contributed by atoms with E-state index < -0.39 is 10.0 Å². The molecule has 0 aromatic heterocycles. The molecule has 0 radical (unpaired) electrons.